The van der Waals surface area contributed by atoms with Crippen molar-refractivity contribution in [2.24, 2.45) is 11.8 Å². The summed E-state index contributed by atoms with van der Waals surface area (Å²) in [5.41, 5.74) is 0. The molecule has 0 saturated carbocycles. The lowest BCUT2D eigenvalue weighted by Gasteiger charge is -2.34. The smallest absolute Gasteiger partial charge is 0.160 e. The van der Waals surface area contributed by atoms with Crippen molar-refractivity contribution in [1.82, 2.24) is 0 Å². The summed E-state index contributed by atoms with van der Waals surface area (Å²) in [6.07, 6.45) is 7.93. The fourth-order valence-electron chi connectivity index (χ4n) is 2.10. The van der Waals surface area contributed by atoms with Crippen molar-refractivity contribution in [2.45, 2.75) is 32.5 Å². The zero-order valence-corrected chi connectivity index (χ0v) is 8.24. The molecule has 2 nitrogen and oxygen atoms in total. The van der Waals surface area contributed by atoms with E-state index in [-0.39, 0.29) is 6.29 Å². The molecule has 0 N–H and O–H groups in total. The SMILES string of the molecule is C[C@H]1CC=CC[C@@H]1C1OCCCO1. The van der Waals surface area contributed by atoms with Gasteiger partial charge in [-0.2, -0.15) is 0 Å². The van der Waals surface area contributed by atoms with E-state index in [9.17, 15) is 0 Å². The van der Waals surface area contributed by atoms with E-state index in [0.717, 1.165) is 26.1 Å². The standard InChI is InChI=1S/C11H18O2/c1-9-5-2-3-6-10(9)11-12-7-4-8-13-11/h2-3,9-11H,4-8H2,1H3/t9-,10-/m0/s1. The molecule has 2 heteroatoms. The minimum atomic E-state index is 0.0636. The summed E-state index contributed by atoms with van der Waals surface area (Å²) in [7, 11) is 0. The Morgan fingerprint density at radius 3 is 2.46 bits per heavy atom. The lowest BCUT2D eigenvalue weighted by atomic mass is 9.84. The first-order chi connectivity index (χ1) is 6.38. The van der Waals surface area contributed by atoms with Gasteiger partial charge in [0.05, 0.1) is 13.2 Å². The lowest BCUT2D eigenvalue weighted by molar-refractivity contribution is -0.212. The van der Waals surface area contributed by atoms with Crippen LogP contribution in [-0.4, -0.2) is 19.5 Å². The molecule has 2 rings (SSSR count). The largest absolute Gasteiger partial charge is 0.352 e. The second-order valence-electron chi connectivity index (χ2n) is 4.05. The first-order valence-corrected chi connectivity index (χ1v) is 5.26. The molecule has 0 aromatic carbocycles. The van der Waals surface area contributed by atoms with Gasteiger partial charge >= 0.3 is 0 Å². The van der Waals surface area contributed by atoms with E-state index >= 15 is 0 Å². The lowest BCUT2D eigenvalue weighted by Crippen LogP contribution is -2.36. The molecule has 1 fully saturated rings. The molecule has 1 heterocycles. The van der Waals surface area contributed by atoms with E-state index in [4.69, 9.17) is 9.47 Å². The molecule has 0 spiro atoms. The Kier molecular flexibility index (Phi) is 3.01. The highest BCUT2D eigenvalue weighted by molar-refractivity contribution is 4.94. The van der Waals surface area contributed by atoms with Crippen LogP contribution in [0.15, 0.2) is 12.2 Å². The molecule has 0 amide bonds. The average Bonchev–Trinajstić information content (AvgIpc) is 2.20. The maximum absolute atomic E-state index is 5.63. The van der Waals surface area contributed by atoms with Crippen LogP contribution in [0.1, 0.15) is 26.2 Å². The molecule has 0 aromatic heterocycles. The normalized spacial score (nSPS) is 36.4. The van der Waals surface area contributed by atoms with Gasteiger partial charge in [0.15, 0.2) is 6.29 Å². The van der Waals surface area contributed by atoms with Gasteiger partial charge < -0.3 is 9.47 Å². The molecule has 1 saturated heterocycles. The second-order valence-corrected chi connectivity index (χ2v) is 4.05. The van der Waals surface area contributed by atoms with Crippen LogP contribution >= 0.6 is 0 Å². The molecule has 2 atom stereocenters. The maximum Gasteiger partial charge on any atom is 0.160 e. The van der Waals surface area contributed by atoms with Gasteiger partial charge in [-0.05, 0) is 25.2 Å². The van der Waals surface area contributed by atoms with E-state index in [1.807, 2.05) is 0 Å². The fourth-order valence-corrected chi connectivity index (χ4v) is 2.10. The first-order valence-electron chi connectivity index (χ1n) is 5.26. The number of hydrogen-bond donors (Lipinski definition) is 0. The average molecular weight is 182 g/mol. The summed E-state index contributed by atoms with van der Waals surface area (Å²) in [5.74, 6) is 1.28. The van der Waals surface area contributed by atoms with Gasteiger partial charge in [0.2, 0.25) is 0 Å². The third kappa shape index (κ3) is 2.12. The van der Waals surface area contributed by atoms with Gasteiger partial charge in [-0.25, -0.2) is 0 Å². The Labute approximate surface area is 79.9 Å². The monoisotopic (exact) mass is 182 g/mol. The van der Waals surface area contributed by atoms with Crippen molar-refractivity contribution < 1.29 is 9.47 Å². The number of allylic oxidation sites excluding steroid dienone is 2. The molecule has 13 heavy (non-hydrogen) atoms. The van der Waals surface area contributed by atoms with Gasteiger partial charge in [0.1, 0.15) is 0 Å². The Morgan fingerprint density at radius 2 is 1.77 bits per heavy atom. The van der Waals surface area contributed by atoms with E-state index in [0.29, 0.717) is 11.8 Å². The van der Waals surface area contributed by atoms with Crippen molar-refractivity contribution in [3.8, 4) is 0 Å². The van der Waals surface area contributed by atoms with Crippen LogP contribution in [0.2, 0.25) is 0 Å². The van der Waals surface area contributed by atoms with Crippen LogP contribution in [0, 0.1) is 11.8 Å². The summed E-state index contributed by atoms with van der Waals surface area (Å²) in [6.45, 7) is 4.03. The molecule has 1 aliphatic carbocycles. The van der Waals surface area contributed by atoms with Crippen molar-refractivity contribution in [3.05, 3.63) is 12.2 Å². The predicted octanol–water partition coefficient (Wildman–Crippen LogP) is 2.35. The first kappa shape index (κ1) is 9.22. The Balaban J connectivity index is 1.93. The second kappa shape index (κ2) is 4.25. The van der Waals surface area contributed by atoms with E-state index < -0.39 is 0 Å². The van der Waals surface area contributed by atoms with Crippen molar-refractivity contribution >= 4 is 0 Å². The summed E-state index contributed by atoms with van der Waals surface area (Å²) >= 11 is 0. The van der Waals surface area contributed by atoms with E-state index in [1.165, 1.54) is 6.42 Å². The van der Waals surface area contributed by atoms with Crippen LogP contribution in [0.5, 0.6) is 0 Å². The highest BCUT2D eigenvalue weighted by atomic mass is 16.7. The fraction of sp³-hybridized carbons (Fsp3) is 0.818. The molecule has 0 aromatic rings. The summed E-state index contributed by atoms with van der Waals surface area (Å²) in [6, 6.07) is 0. The molecule has 1 aliphatic heterocycles. The number of hydrogen-bond acceptors (Lipinski definition) is 2. The third-order valence-electron chi connectivity index (χ3n) is 3.02. The van der Waals surface area contributed by atoms with Crippen molar-refractivity contribution in [1.29, 1.82) is 0 Å². The van der Waals surface area contributed by atoms with Crippen LogP contribution in [0.3, 0.4) is 0 Å². The van der Waals surface area contributed by atoms with Gasteiger partial charge in [0, 0.05) is 5.92 Å². The minimum absolute atomic E-state index is 0.0636. The summed E-state index contributed by atoms with van der Waals surface area (Å²) in [5, 5.41) is 0. The minimum Gasteiger partial charge on any atom is -0.352 e. The van der Waals surface area contributed by atoms with Gasteiger partial charge in [-0.1, -0.05) is 19.1 Å². The highest BCUT2D eigenvalue weighted by Gasteiger charge is 2.29. The quantitative estimate of drug-likeness (QED) is 0.579. The van der Waals surface area contributed by atoms with Crippen LogP contribution in [0.4, 0.5) is 0 Å². The van der Waals surface area contributed by atoms with Crippen molar-refractivity contribution in [3.63, 3.8) is 0 Å². The van der Waals surface area contributed by atoms with Crippen LogP contribution in [0.25, 0.3) is 0 Å². The van der Waals surface area contributed by atoms with Crippen LogP contribution in [-0.2, 0) is 9.47 Å². The molecule has 2 aliphatic rings. The Morgan fingerprint density at radius 1 is 1.08 bits per heavy atom. The Hall–Kier alpha value is -0.340. The van der Waals surface area contributed by atoms with Crippen molar-refractivity contribution in [2.75, 3.05) is 13.2 Å². The predicted molar refractivity (Wildman–Crippen MR) is 51.3 cm³/mol. The molecule has 0 unspecified atom stereocenters. The highest BCUT2D eigenvalue weighted by Crippen LogP contribution is 2.31. The maximum atomic E-state index is 5.63. The molecule has 74 valence electrons. The van der Waals surface area contributed by atoms with Gasteiger partial charge in [0.25, 0.3) is 0 Å². The zero-order valence-electron chi connectivity index (χ0n) is 8.24. The molecule has 0 radical (unpaired) electrons. The number of ether oxygens (including phenoxy) is 2. The van der Waals surface area contributed by atoms with E-state index in [1.54, 1.807) is 0 Å². The van der Waals surface area contributed by atoms with Gasteiger partial charge in [-0.3, -0.25) is 0 Å². The number of rotatable bonds is 1. The van der Waals surface area contributed by atoms with Crippen LogP contribution < -0.4 is 0 Å². The van der Waals surface area contributed by atoms with E-state index in [2.05, 4.69) is 19.1 Å². The Bertz CT molecular complexity index is 183. The van der Waals surface area contributed by atoms with Gasteiger partial charge in [-0.15, -0.1) is 0 Å². The molecule has 0 bridgehead atoms. The summed E-state index contributed by atoms with van der Waals surface area (Å²) in [4.78, 5) is 0. The molecular weight excluding hydrogens is 164 g/mol. The molecular formula is C11H18O2. The summed E-state index contributed by atoms with van der Waals surface area (Å²) < 4.78 is 11.3. The topological polar surface area (TPSA) is 18.5 Å². The third-order valence-corrected chi connectivity index (χ3v) is 3.02. The zero-order chi connectivity index (χ0) is 9.10.